The lowest BCUT2D eigenvalue weighted by molar-refractivity contribution is -0.521. The highest BCUT2D eigenvalue weighted by molar-refractivity contribution is 5.69. The van der Waals surface area contributed by atoms with E-state index in [-0.39, 0.29) is 5.76 Å². The molecule has 0 aliphatic heterocycles. The van der Waals surface area contributed by atoms with Gasteiger partial charge in [0, 0.05) is 0 Å². The largest absolute Gasteiger partial charge is 0.429 e. The maximum absolute atomic E-state index is 10.1. The van der Waals surface area contributed by atoms with Crippen molar-refractivity contribution in [3.05, 3.63) is 21.9 Å². The van der Waals surface area contributed by atoms with Gasteiger partial charge in [0.15, 0.2) is 12.0 Å². The Morgan fingerprint density at radius 1 is 1.73 bits per heavy atom. The van der Waals surface area contributed by atoms with Gasteiger partial charge < -0.3 is 4.74 Å². The minimum atomic E-state index is -0.662. The number of allylic oxidation sites excluding steroid dienone is 2. The second-order valence-corrected chi connectivity index (χ2v) is 1.74. The third-order valence-corrected chi connectivity index (χ3v) is 0.858. The normalized spacial score (nSPS) is 10.8. The molecule has 0 bridgehead atoms. The van der Waals surface area contributed by atoms with E-state index in [1.807, 2.05) is 0 Å². The van der Waals surface area contributed by atoms with E-state index in [0.29, 0.717) is 12.7 Å². The van der Waals surface area contributed by atoms with Crippen molar-refractivity contribution in [1.29, 1.82) is 0 Å². The monoisotopic (exact) mass is 159 g/mol. The number of rotatable bonds is 5. The molecule has 62 valence electrons. The van der Waals surface area contributed by atoms with E-state index in [2.05, 4.69) is 4.74 Å². The van der Waals surface area contributed by atoms with Gasteiger partial charge >= 0.3 is 6.73 Å². The number of aldehydes is 1. The highest BCUT2D eigenvalue weighted by Crippen LogP contribution is 1.94. The summed E-state index contributed by atoms with van der Waals surface area (Å²) >= 11 is 0. The summed E-state index contributed by atoms with van der Waals surface area (Å²) in [6.45, 7) is 1.14. The Labute approximate surface area is 63.8 Å². The summed E-state index contributed by atoms with van der Waals surface area (Å²) in [6, 6.07) is 0. The molecule has 0 aromatic rings. The number of carbonyl (C=O) groups excluding carboxylic acids is 1. The number of nitro groups is 1. The first-order valence-corrected chi connectivity index (χ1v) is 3.10. The van der Waals surface area contributed by atoms with Crippen LogP contribution in [0.25, 0.3) is 0 Å². The summed E-state index contributed by atoms with van der Waals surface area (Å²) in [4.78, 5) is 19.2. The standard InChI is InChI=1S/C6H9NO4/c1-2-3-6(4-8)11-5-7(9)10/h3-4H,2,5H2,1H3/b6-3-. The van der Waals surface area contributed by atoms with Gasteiger partial charge in [-0.05, 0) is 12.5 Å². The second kappa shape index (κ2) is 5.40. The summed E-state index contributed by atoms with van der Waals surface area (Å²) < 4.78 is 4.49. The van der Waals surface area contributed by atoms with Crippen LogP contribution in [0.5, 0.6) is 0 Å². The maximum Gasteiger partial charge on any atom is 0.344 e. The van der Waals surface area contributed by atoms with Crippen molar-refractivity contribution in [1.82, 2.24) is 0 Å². The molecule has 0 rings (SSSR count). The minimum absolute atomic E-state index is 0.0178. The Balaban J connectivity index is 3.79. The molecule has 0 saturated heterocycles. The van der Waals surface area contributed by atoms with Crippen LogP contribution in [0.2, 0.25) is 0 Å². The first kappa shape index (κ1) is 9.61. The van der Waals surface area contributed by atoms with Crippen molar-refractivity contribution >= 4 is 6.29 Å². The second-order valence-electron chi connectivity index (χ2n) is 1.74. The maximum atomic E-state index is 10.1. The lowest BCUT2D eigenvalue weighted by Crippen LogP contribution is -2.05. The molecule has 0 amide bonds. The van der Waals surface area contributed by atoms with Crippen molar-refractivity contribution in [3.63, 3.8) is 0 Å². The van der Waals surface area contributed by atoms with Gasteiger partial charge in [0.1, 0.15) is 0 Å². The molecule has 0 spiro atoms. The van der Waals surface area contributed by atoms with Crippen molar-refractivity contribution in [3.8, 4) is 0 Å². The van der Waals surface area contributed by atoms with Gasteiger partial charge in [-0.15, -0.1) is 0 Å². The average molecular weight is 159 g/mol. The quantitative estimate of drug-likeness (QED) is 0.148. The molecule has 0 aromatic heterocycles. The number of hydrogen-bond donors (Lipinski definition) is 0. The Morgan fingerprint density at radius 3 is 2.73 bits per heavy atom. The van der Waals surface area contributed by atoms with E-state index in [9.17, 15) is 14.9 Å². The third kappa shape index (κ3) is 5.07. The number of hydrogen-bond acceptors (Lipinski definition) is 4. The number of nitrogens with zero attached hydrogens (tertiary/aromatic N) is 1. The SMILES string of the molecule is CC/C=C(/C=O)OC[N+](=O)[O-]. The molecule has 0 fully saturated rings. The zero-order chi connectivity index (χ0) is 8.69. The molecule has 0 N–H and O–H groups in total. The van der Waals surface area contributed by atoms with Gasteiger partial charge in [0.25, 0.3) is 0 Å². The topological polar surface area (TPSA) is 69.4 Å². The molecule has 5 nitrogen and oxygen atoms in total. The Bertz CT molecular complexity index is 175. The zero-order valence-corrected chi connectivity index (χ0v) is 6.15. The van der Waals surface area contributed by atoms with Crippen molar-refractivity contribution in [2.75, 3.05) is 6.73 Å². The minimum Gasteiger partial charge on any atom is -0.429 e. The molecule has 0 aliphatic carbocycles. The Morgan fingerprint density at radius 2 is 2.36 bits per heavy atom. The van der Waals surface area contributed by atoms with E-state index in [4.69, 9.17) is 0 Å². The summed E-state index contributed by atoms with van der Waals surface area (Å²) in [5, 5.41) is 9.76. The highest BCUT2D eigenvalue weighted by atomic mass is 16.7. The van der Waals surface area contributed by atoms with E-state index >= 15 is 0 Å². The van der Waals surface area contributed by atoms with Gasteiger partial charge in [-0.25, -0.2) is 0 Å². The van der Waals surface area contributed by atoms with Crippen LogP contribution in [-0.2, 0) is 9.53 Å². The molecule has 0 heterocycles. The van der Waals surface area contributed by atoms with Gasteiger partial charge in [-0.3, -0.25) is 14.9 Å². The Kier molecular flexibility index (Phi) is 4.72. The lowest BCUT2D eigenvalue weighted by Gasteiger charge is -1.97. The van der Waals surface area contributed by atoms with Crippen molar-refractivity contribution in [2.24, 2.45) is 0 Å². The van der Waals surface area contributed by atoms with Crippen LogP contribution in [0.3, 0.4) is 0 Å². The fourth-order valence-electron chi connectivity index (χ4n) is 0.469. The molecule has 0 atom stereocenters. The predicted molar refractivity (Wildman–Crippen MR) is 37.4 cm³/mol. The molecule has 0 saturated carbocycles. The van der Waals surface area contributed by atoms with Crippen LogP contribution < -0.4 is 0 Å². The van der Waals surface area contributed by atoms with E-state index < -0.39 is 11.7 Å². The summed E-state index contributed by atoms with van der Waals surface area (Å²) in [7, 11) is 0. The lowest BCUT2D eigenvalue weighted by atomic mass is 10.4. The fraction of sp³-hybridized carbons (Fsp3) is 0.500. The molecule has 0 aromatic carbocycles. The number of carbonyl (C=O) groups is 1. The third-order valence-electron chi connectivity index (χ3n) is 0.858. The van der Waals surface area contributed by atoms with Crippen LogP contribution in [0.4, 0.5) is 0 Å². The van der Waals surface area contributed by atoms with Crippen LogP contribution >= 0.6 is 0 Å². The highest BCUT2D eigenvalue weighted by Gasteiger charge is 1.99. The molecule has 0 unspecified atom stereocenters. The van der Waals surface area contributed by atoms with Crippen LogP contribution in [0, 0.1) is 10.1 Å². The van der Waals surface area contributed by atoms with Gasteiger partial charge in [-0.1, -0.05) is 6.92 Å². The van der Waals surface area contributed by atoms with E-state index in [1.165, 1.54) is 6.08 Å². The van der Waals surface area contributed by atoms with Gasteiger partial charge in [0.2, 0.25) is 0 Å². The molecule has 0 radical (unpaired) electrons. The average Bonchev–Trinajstić information content (AvgIpc) is 1.97. The summed E-state index contributed by atoms with van der Waals surface area (Å²) in [6.07, 6.45) is 2.55. The van der Waals surface area contributed by atoms with Gasteiger partial charge in [0.05, 0.1) is 4.92 Å². The van der Waals surface area contributed by atoms with Gasteiger partial charge in [-0.2, -0.15) is 0 Å². The first-order chi connectivity index (χ1) is 5.20. The molecule has 5 heteroatoms. The first-order valence-electron chi connectivity index (χ1n) is 3.10. The molecule has 11 heavy (non-hydrogen) atoms. The van der Waals surface area contributed by atoms with Crippen LogP contribution in [-0.4, -0.2) is 17.9 Å². The fourth-order valence-corrected chi connectivity index (χ4v) is 0.469. The Hall–Kier alpha value is -1.39. The van der Waals surface area contributed by atoms with Crippen molar-refractivity contribution in [2.45, 2.75) is 13.3 Å². The van der Waals surface area contributed by atoms with E-state index in [0.717, 1.165) is 0 Å². The molecular weight excluding hydrogens is 150 g/mol. The number of ether oxygens (including phenoxy) is 1. The van der Waals surface area contributed by atoms with Crippen molar-refractivity contribution < 1.29 is 14.5 Å². The predicted octanol–water partition coefficient (Wildman–Crippen LogP) is 0.730. The zero-order valence-electron chi connectivity index (χ0n) is 6.15. The van der Waals surface area contributed by atoms with E-state index in [1.54, 1.807) is 6.92 Å². The molecule has 0 aliphatic rings. The summed E-state index contributed by atoms with van der Waals surface area (Å²) in [5.41, 5.74) is 0. The van der Waals surface area contributed by atoms with Crippen LogP contribution in [0.15, 0.2) is 11.8 Å². The van der Waals surface area contributed by atoms with Crippen LogP contribution in [0.1, 0.15) is 13.3 Å². The summed E-state index contributed by atoms with van der Waals surface area (Å²) in [5.74, 6) is 0.0178. The smallest absolute Gasteiger partial charge is 0.344 e. The molecular formula is C6H9NO4.